The molecule has 1 fully saturated rings. The largest absolute Gasteiger partial charge is 0.391 e. The van der Waals surface area contributed by atoms with Crippen LogP contribution in [-0.2, 0) is 10.0 Å². The van der Waals surface area contributed by atoms with E-state index in [1.807, 2.05) is 13.0 Å². The molecule has 2 atom stereocenters. The van der Waals surface area contributed by atoms with Crippen LogP contribution in [-0.4, -0.2) is 35.8 Å². The number of aromatic nitrogens is 2. The van der Waals surface area contributed by atoms with Gasteiger partial charge in [0.2, 0.25) is 10.0 Å². The first kappa shape index (κ1) is 18.1. The number of pyridine rings is 1. The number of nitrogens with one attached hydrogen (secondary N) is 1. The molecule has 142 valence electrons. The summed E-state index contributed by atoms with van der Waals surface area (Å²) in [7, 11) is -3.84. The number of aryl methyl sites for hydroxylation is 2. The van der Waals surface area contributed by atoms with Crippen molar-refractivity contribution in [3.63, 3.8) is 0 Å². The van der Waals surface area contributed by atoms with Gasteiger partial charge >= 0.3 is 0 Å². The van der Waals surface area contributed by atoms with Crippen molar-refractivity contribution in [1.29, 1.82) is 0 Å². The van der Waals surface area contributed by atoms with Crippen molar-refractivity contribution in [1.82, 2.24) is 14.9 Å². The van der Waals surface area contributed by atoms with Crippen LogP contribution in [0.25, 0.3) is 22.0 Å². The maximum absolute atomic E-state index is 13.2. The Bertz CT molecular complexity index is 1090. The molecule has 0 bridgehead atoms. The summed E-state index contributed by atoms with van der Waals surface area (Å²) < 4.78 is 34.2. The molecule has 1 saturated carbocycles. The topological polar surface area (TPSA) is 105 Å². The van der Waals surface area contributed by atoms with Crippen molar-refractivity contribution in [2.24, 2.45) is 0 Å². The van der Waals surface area contributed by atoms with Gasteiger partial charge in [0.25, 0.3) is 0 Å². The molecule has 3 aromatic rings. The molecule has 1 aliphatic carbocycles. The molecule has 4 rings (SSSR count). The Hall–Kier alpha value is -2.29. The standard InChI is InChI=1S/C19H21N3O4S/c1-11-19(12(2)26-21-11)13-9-16-14(5-4-8-20-16)18(10-13)27(24,25)22-15-6-3-7-17(15)23/h4-5,8-10,15,17,22-23H,3,6-7H2,1-2H3/t15?,17-/m1/s1. The molecular weight excluding hydrogens is 366 g/mol. The van der Waals surface area contributed by atoms with Crippen LogP contribution in [0, 0.1) is 13.8 Å². The van der Waals surface area contributed by atoms with Crippen molar-refractivity contribution >= 4 is 20.9 Å². The second kappa shape index (κ2) is 6.70. The van der Waals surface area contributed by atoms with Gasteiger partial charge in [-0.15, -0.1) is 0 Å². The smallest absolute Gasteiger partial charge is 0.241 e. The number of hydrogen-bond donors (Lipinski definition) is 2. The third-order valence-electron chi connectivity index (χ3n) is 5.08. The molecule has 0 spiro atoms. The van der Waals surface area contributed by atoms with Gasteiger partial charge in [-0.2, -0.15) is 0 Å². The van der Waals surface area contributed by atoms with Gasteiger partial charge in [0.15, 0.2) is 0 Å². The Labute approximate surface area is 157 Å². The summed E-state index contributed by atoms with van der Waals surface area (Å²) in [6.07, 6.45) is 3.00. The van der Waals surface area contributed by atoms with Crippen molar-refractivity contribution in [2.45, 2.75) is 50.2 Å². The van der Waals surface area contributed by atoms with E-state index in [1.54, 1.807) is 31.3 Å². The zero-order chi connectivity index (χ0) is 19.2. The summed E-state index contributed by atoms with van der Waals surface area (Å²) in [6, 6.07) is 6.44. The van der Waals surface area contributed by atoms with E-state index in [2.05, 4.69) is 14.9 Å². The third-order valence-corrected chi connectivity index (χ3v) is 6.61. The highest BCUT2D eigenvalue weighted by molar-refractivity contribution is 7.89. The van der Waals surface area contributed by atoms with E-state index in [1.165, 1.54) is 0 Å². The average Bonchev–Trinajstić information content (AvgIpc) is 3.18. The lowest BCUT2D eigenvalue weighted by Gasteiger charge is -2.18. The lowest BCUT2D eigenvalue weighted by molar-refractivity contribution is 0.159. The van der Waals surface area contributed by atoms with E-state index in [-0.39, 0.29) is 4.90 Å². The minimum atomic E-state index is -3.84. The third kappa shape index (κ3) is 3.24. The van der Waals surface area contributed by atoms with Gasteiger partial charge in [-0.3, -0.25) is 4.98 Å². The molecule has 27 heavy (non-hydrogen) atoms. The highest BCUT2D eigenvalue weighted by atomic mass is 32.2. The minimum absolute atomic E-state index is 0.141. The summed E-state index contributed by atoms with van der Waals surface area (Å²) in [5.41, 5.74) is 2.71. The number of rotatable bonds is 4. The summed E-state index contributed by atoms with van der Waals surface area (Å²) in [6.45, 7) is 3.61. The number of fused-ring (bicyclic) bond motifs is 1. The first-order valence-electron chi connectivity index (χ1n) is 8.89. The predicted octanol–water partition coefficient (Wildman–Crippen LogP) is 2.70. The highest BCUT2D eigenvalue weighted by Crippen LogP contribution is 2.33. The Balaban J connectivity index is 1.89. The van der Waals surface area contributed by atoms with Gasteiger partial charge in [0, 0.05) is 23.2 Å². The van der Waals surface area contributed by atoms with E-state index in [0.717, 1.165) is 12.0 Å². The molecule has 0 amide bonds. The van der Waals surface area contributed by atoms with Crippen molar-refractivity contribution in [2.75, 3.05) is 0 Å². The molecule has 1 unspecified atom stereocenters. The zero-order valence-corrected chi connectivity index (χ0v) is 16.0. The van der Waals surface area contributed by atoms with Crippen molar-refractivity contribution in [3.05, 3.63) is 41.9 Å². The van der Waals surface area contributed by atoms with Crippen LogP contribution in [0.4, 0.5) is 0 Å². The molecule has 1 aliphatic rings. The maximum atomic E-state index is 13.2. The first-order valence-corrected chi connectivity index (χ1v) is 10.4. The van der Waals surface area contributed by atoms with Crippen LogP contribution in [0.1, 0.15) is 30.7 Å². The SMILES string of the molecule is Cc1noc(C)c1-c1cc(S(=O)(=O)NC2CCC[C@H]2O)c2cccnc2c1. The second-order valence-electron chi connectivity index (χ2n) is 6.97. The number of aliphatic hydroxyl groups is 1. The summed E-state index contributed by atoms with van der Waals surface area (Å²) in [5, 5.41) is 14.5. The van der Waals surface area contributed by atoms with Crippen LogP contribution in [0.5, 0.6) is 0 Å². The average molecular weight is 387 g/mol. The normalized spacial score (nSPS) is 20.4. The summed E-state index contributed by atoms with van der Waals surface area (Å²) in [5.74, 6) is 0.616. The van der Waals surface area contributed by atoms with Gasteiger partial charge in [-0.05, 0) is 62.9 Å². The number of nitrogens with zero attached hydrogens (tertiary/aromatic N) is 2. The van der Waals surface area contributed by atoms with E-state index in [4.69, 9.17) is 4.52 Å². The molecular formula is C19H21N3O4S. The summed E-state index contributed by atoms with van der Waals surface area (Å²) in [4.78, 5) is 4.48. The predicted molar refractivity (Wildman–Crippen MR) is 101 cm³/mol. The van der Waals surface area contributed by atoms with Crippen LogP contribution in [0.15, 0.2) is 39.9 Å². The molecule has 8 heteroatoms. The minimum Gasteiger partial charge on any atom is -0.391 e. The second-order valence-corrected chi connectivity index (χ2v) is 8.65. The van der Waals surface area contributed by atoms with Crippen LogP contribution in [0.2, 0.25) is 0 Å². The van der Waals surface area contributed by atoms with Crippen LogP contribution in [0.3, 0.4) is 0 Å². The summed E-state index contributed by atoms with van der Waals surface area (Å²) >= 11 is 0. The molecule has 7 nitrogen and oxygen atoms in total. The molecule has 1 aromatic carbocycles. The monoisotopic (exact) mass is 387 g/mol. The van der Waals surface area contributed by atoms with Crippen LogP contribution < -0.4 is 4.72 Å². The van der Waals surface area contributed by atoms with Crippen LogP contribution >= 0.6 is 0 Å². The van der Waals surface area contributed by atoms with Gasteiger partial charge < -0.3 is 9.63 Å². The van der Waals surface area contributed by atoms with Gasteiger partial charge in [-0.1, -0.05) is 5.16 Å². The van der Waals surface area contributed by atoms with Crippen molar-refractivity contribution in [3.8, 4) is 11.1 Å². The first-order chi connectivity index (χ1) is 12.9. The van der Waals surface area contributed by atoms with Gasteiger partial charge in [0.1, 0.15) is 5.76 Å². The van der Waals surface area contributed by atoms with E-state index < -0.39 is 22.2 Å². The molecule has 0 radical (unpaired) electrons. The van der Waals surface area contributed by atoms with Gasteiger partial charge in [0.05, 0.1) is 22.2 Å². The fourth-order valence-corrected chi connectivity index (χ4v) is 5.30. The molecule has 0 aliphatic heterocycles. The number of benzene rings is 1. The van der Waals surface area contributed by atoms with E-state index in [9.17, 15) is 13.5 Å². The Morgan fingerprint density at radius 1 is 1.26 bits per heavy atom. The Morgan fingerprint density at radius 3 is 2.74 bits per heavy atom. The fraction of sp³-hybridized carbons (Fsp3) is 0.368. The number of sulfonamides is 1. The van der Waals surface area contributed by atoms with Crippen molar-refractivity contribution < 1.29 is 18.0 Å². The Morgan fingerprint density at radius 2 is 2.07 bits per heavy atom. The lowest BCUT2D eigenvalue weighted by atomic mass is 10.0. The highest BCUT2D eigenvalue weighted by Gasteiger charge is 2.31. The maximum Gasteiger partial charge on any atom is 0.241 e. The zero-order valence-electron chi connectivity index (χ0n) is 15.1. The van der Waals surface area contributed by atoms with E-state index >= 15 is 0 Å². The van der Waals surface area contributed by atoms with E-state index in [0.29, 0.717) is 40.8 Å². The molecule has 2 N–H and O–H groups in total. The molecule has 0 saturated heterocycles. The fourth-order valence-electron chi connectivity index (χ4n) is 3.75. The Kier molecular flexibility index (Phi) is 4.49. The van der Waals surface area contributed by atoms with Gasteiger partial charge in [-0.25, -0.2) is 13.1 Å². The molecule has 2 heterocycles. The number of aliphatic hydroxyl groups excluding tert-OH is 1. The quantitative estimate of drug-likeness (QED) is 0.713. The lowest BCUT2D eigenvalue weighted by Crippen LogP contribution is -2.39. The molecule has 2 aromatic heterocycles. The number of hydrogen-bond acceptors (Lipinski definition) is 6.